The van der Waals surface area contributed by atoms with E-state index in [1.807, 2.05) is 17.0 Å². The van der Waals surface area contributed by atoms with Gasteiger partial charge in [-0.1, -0.05) is 17.3 Å². The van der Waals surface area contributed by atoms with E-state index in [0.29, 0.717) is 29.4 Å². The molecule has 1 aliphatic rings. The van der Waals surface area contributed by atoms with Gasteiger partial charge in [0.1, 0.15) is 0 Å². The van der Waals surface area contributed by atoms with E-state index in [2.05, 4.69) is 20.4 Å². The summed E-state index contributed by atoms with van der Waals surface area (Å²) in [5.41, 5.74) is 1.80. The monoisotopic (exact) mass is 405 g/mol. The zero-order valence-corrected chi connectivity index (χ0v) is 16.6. The predicted octanol–water partition coefficient (Wildman–Crippen LogP) is 3.33. The number of hydrogen-bond donors (Lipinski definition) is 1. The average molecular weight is 405 g/mol. The van der Waals surface area contributed by atoms with E-state index in [0.717, 1.165) is 37.9 Å². The smallest absolute Gasteiger partial charge is 0.255 e. The molecule has 1 saturated heterocycles. The van der Waals surface area contributed by atoms with Gasteiger partial charge >= 0.3 is 0 Å². The molecule has 0 radical (unpaired) electrons. The fourth-order valence-electron chi connectivity index (χ4n) is 3.45. The third kappa shape index (κ3) is 4.71. The lowest BCUT2D eigenvalue weighted by atomic mass is 10.1. The van der Waals surface area contributed by atoms with Gasteiger partial charge in [-0.15, -0.1) is 0 Å². The number of aryl methyl sites for hydroxylation is 1. The van der Waals surface area contributed by atoms with E-state index in [4.69, 9.17) is 4.52 Å². The van der Waals surface area contributed by atoms with Crippen molar-refractivity contribution in [3.63, 3.8) is 0 Å². The van der Waals surface area contributed by atoms with Gasteiger partial charge in [-0.25, -0.2) is 0 Å². The minimum atomic E-state index is -0.213. The maximum Gasteiger partial charge on any atom is 0.255 e. The topological polar surface area (TPSA) is 101 Å². The van der Waals surface area contributed by atoms with E-state index in [1.54, 1.807) is 36.7 Å². The van der Waals surface area contributed by atoms with Crippen LogP contribution >= 0.6 is 0 Å². The highest BCUT2D eigenvalue weighted by molar-refractivity contribution is 6.03. The van der Waals surface area contributed by atoms with Crippen LogP contribution in [0.1, 0.15) is 41.9 Å². The van der Waals surface area contributed by atoms with Crippen LogP contribution in [0.25, 0.3) is 11.4 Å². The molecule has 3 heterocycles. The van der Waals surface area contributed by atoms with Crippen LogP contribution in [-0.2, 0) is 11.2 Å². The minimum absolute atomic E-state index is 0.0383. The first kappa shape index (κ1) is 19.8. The number of carbonyl (C=O) groups excluding carboxylic acids is 2. The number of aromatic nitrogens is 3. The number of benzene rings is 1. The fraction of sp³-hybridized carbons (Fsp3) is 0.318. The third-order valence-corrected chi connectivity index (χ3v) is 5.03. The molecule has 3 aromatic rings. The second-order valence-electron chi connectivity index (χ2n) is 7.20. The molecule has 1 aliphatic heterocycles. The van der Waals surface area contributed by atoms with Crippen molar-refractivity contribution in [2.24, 2.45) is 0 Å². The van der Waals surface area contributed by atoms with Crippen molar-refractivity contribution in [1.82, 2.24) is 20.0 Å². The number of likely N-dealkylation sites (tertiary alicyclic amines) is 1. The minimum Gasteiger partial charge on any atom is -0.339 e. The SMILES string of the molecule is O=C(CCc1nc(-c2cccnc2)no1)Nc1ccccc1C(=O)N1CCCCC1. The van der Waals surface area contributed by atoms with Crippen molar-refractivity contribution in [3.05, 3.63) is 60.2 Å². The zero-order chi connectivity index (χ0) is 20.8. The van der Waals surface area contributed by atoms with Gasteiger partial charge in [-0.05, 0) is 43.5 Å². The number of anilines is 1. The Labute approximate surface area is 174 Å². The number of rotatable bonds is 6. The zero-order valence-electron chi connectivity index (χ0n) is 16.6. The molecule has 4 rings (SSSR count). The quantitative estimate of drug-likeness (QED) is 0.675. The molecule has 30 heavy (non-hydrogen) atoms. The lowest BCUT2D eigenvalue weighted by Crippen LogP contribution is -2.36. The number of nitrogens with one attached hydrogen (secondary N) is 1. The number of piperidine rings is 1. The molecule has 2 aromatic heterocycles. The second-order valence-corrected chi connectivity index (χ2v) is 7.20. The number of amides is 2. The summed E-state index contributed by atoms with van der Waals surface area (Å²) in [6, 6.07) is 10.8. The van der Waals surface area contributed by atoms with Crippen LogP contribution in [0, 0.1) is 0 Å². The van der Waals surface area contributed by atoms with Gasteiger partial charge < -0.3 is 14.7 Å². The van der Waals surface area contributed by atoms with Gasteiger partial charge in [0.25, 0.3) is 5.91 Å². The van der Waals surface area contributed by atoms with Crippen LogP contribution in [0.3, 0.4) is 0 Å². The lowest BCUT2D eigenvalue weighted by Gasteiger charge is -2.27. The summed E-state index contributed by atoms with van der Waals surface area (Å²) >= 11 is 0. The molecular formula is C22H23N5O3. The van der Waals surface area contributed by atoms with Gasteiger partial charge in [-0.2, -0.15) is 4.98 Å². The van der Waals surface area contributed by atoms with Crippen molar-refractivity contribution < 1.29 is 14.1 Å². The van der Waals surface area contributed by atoms with Crippen molar-refractivity contribution in [2.45, 2.75) is 32.1 Å². The van der Waals surface area contributed by atoms with Crippen LogP contribution in [0.15, 0.2) is 53.3 Å². The van der Waals surface area contributed by atoms with E-state index in [-0.39, 0.29) is 18.2 Å². The van der Waals surface area contributed by atoms with Gasteiger partial charge in [0, 0.05) is 43.9 Å². The number of para-hydroxylation sites is 1. The fourth-order valence-corrected chi connectivity index (χ4v) is 3.45. The summed E-state index contributed by atoms with van der Waals surface area (Å²) in [5.74, 6) is 0.566. The Morgan fingerprint density at radius 2 is 1.90 bits per heavy atom. The number of carbonyl (C=O) groups is 2. The van der Waals surface area contributed by atoms with Gasteiger partial charge in [0.15, 0.2) is 0 Å². The molecule has 0 saturated carbocycles. The van der Waals surface area contributed by atoms with E-state index >= 15 is 0 Å². The Hall–Kier alpha value is -3.55. The van der Waals surface area contributed by atoms with Crippen molar-refractivity contribution in [3.8, 4) is 11.4 Å². The summed E-state index contributed by atoms with van der Waals surface area (Å²) in [4.78, 5) is 35.5. The highest BCUT2D eigenvalue weighted by Gasteiger charge is 2.21. The molecule has 0 bridgehead atoms. The van der Waals surface area contributed by atoms with Crippen LogP contribution in [0.4, 0.5) is 5.69 Å². The molecule has 1 aromatic carbocycles. The molecule has 0 aliphatic carbocycles. The van der Waals surface area contributed by atoms with E-state index in [9.17, 15) is 9.59 Å². The summed E-state index contributed by atoms with van der Waals surface area (Å²) < 4.78 is 5.23. The molecule has 1 N–H and O–H groups in total. The number of hydrogen-bond acceptors (Lipinski definition) is 6. The van der Waals surface area contributed by atoms with Gasteiger partial charge in [0.05, 0.1) is 11.3 Å². The Morgan fingerprint density at radius 1 is 1.07 bits per heavy atom. The van der Waals surface area contributed by atoms with Gasteiger partial charge in [0.2, 0.25) is 17.6 Å². The average Bonchev–Trinajstić information content (AvgIpc) is 3.28. The van der Waals surface area contributed by atoms with Crippen LogP contribution in [0.5, 0.6) is 0 Å². The molecule has 0 unspecified atom stereocenters. The second kappa shape index (κ2) is 9.30. The molecule has 0 spiro atoms. The molecule has 2 amide bonds. The van der Waals surface area contributed by atoms with Crippen molar-refractivity contribution in [1.29, 1.82) is 0 Å². The molecule has 8 nitrogen and oxygen atoms in total. The Morgan fingerprint density at radius 3 is 2.70 bits per heavy atom. The maximum atomic E-state index is 12.9. The highest BCUT2D eigenvalue weighted by Crippen LogP contribution is 2.20. The van der Waals surface area contributed by atoms with Crippen molar-refractivity contribution >= 4 is 17.5 Å². The Balaban J connectivity index is 1.37. The van der Waals surface area contributed by atoms with Crippen molar-refractivity contribution in [2.75, 3.05) is 18.4 Å². The predicted molar refractivity (Wildman–Crippen MR) is 111 cm³/mol. The van der Waals surface area contributed by atoms with E-state index in [1.165, 1.54) is 0 Å². The molecule has 154 valence electrons. The summed E-state index contributed by atoms with van der Waals surface area (Å²) in [7, 11) is 0. The lowest BCUT2D eigenvalue weighted by molar-refractivity contribution is -0.116. The molecule has 8 heteroatoms. The standard InChI is InChI=1S/C22H23N5O3/c28-19(10-11-20-25-21(26-30-20)16-7-6-12-23-15-16)24-18-9-3-2-8-17(18)22(29)27-13-4-1-5-14-27/h2-3,6-9,12,15H,1,4-5,10-11,13-14H2,(H,24,28). The first-order chi connectivity index (χ1) is 14.7. The van der Waals surface area contributed by atoms with Crippen LogP contribution in [0.2, 0.25) is 0 Å². The maximum absolute atomic E-state index is 12.9. The van der Waals surface area contributed by atoms with Gasteiger partial charge in [-0.3, -0.25) is 14.6 Å². The molecular weight excluding hydrogens is 382 g/mol. The first-order valence-corrected chi connectivity index (χ1v) is 10.1. The largest absolute Gasteiger partial charge is 0.339 e. The molecule has 1 fully saturated rings. The van der Waals surface area contributed by atoms with Crippen LogP contribution < -0.4 is 5.32 Å². The van der Waals surface area contributed by atoms with E-state index < -0.39 is 0 Å². The summed E-state index contributed by atoms with van der Waals surface area (Å²) in [6.07, 6.45) is 6.99. The Bertz CT molecular complexity index is 1010. The Kier molecular flexibility index (Phi) is 6.12. The summed E-state index contributed by atoms with van der Waals surface area (Å²) in [5, 5.41) is 6.78. The van der Waals surface area contributed by atoms with Crippen LogP contribution in [-0.4, -0.2) is 44.9 Å². The summed E-state index contributed by atoms with van der Waals surface area (Å²) in [6.45, 7) is 1.52. The number of pyridine rings is 1. The highest BCUT2D eigenvalue weighted by atomic mass is 16.5. The molecule has 0 atom stereocenters. The third-order valence-electron chi connectivity index (χ3n) is 5.03. The normalized spacial score (nSPS) is 13.8. The number of nitrogens with zero attached hydrogens (tertiary/aromatic N) is 4. The first-order valence-electron chi connectivity index (χ1n) is 10.1.